The number of hydrogen-bond acceptors (Lipinski definition) is 5. The summed E-state index contributed by atoms with van der Waals surface area (Å²) in [7, 11) is 0. The van der Waals surface area contributed by atoms with Gasteiger partial charge in [0, 0.05) is 30.9 Å². The van der Waals surface area contributed by atoms with Crippen molar-refractivity contribution in [2.24, 2.45) is 5.92 Å². The molecule has 6 heteroatoms. The van der Waals surface area contributed by atoms with E-state index in [4.69, 9.17) is 0 Å². The molecule has 0 unspecified atom stereocenters. The van der Waals surface area contributed by atoms with Crippen molar-refractivity contribution in [3.63, 3.8) is 0 Å². The number of nitrogens with zero attached hydrogens (tertiary/aromatic N) is 2. The van der Waals surface area contributed by atoms with Gasteiger partial charge in [0.15, 0.2) is 5.13 Å². The third-order valence-corrected chi connectivity index (χ3v) is 5.45. The minimum atomic E-state index is 0.0756. The van der Waals surface area contributed by atoms with Gasteiger partial charge < -0.3 is 15.3 Å². The second-order valence-corrected chi connectivity index (χ2v) is 7.04. The number of phenols is 1. The third kappa shape index (κ3) is 4.06. The van der Waals surface area contributed by atoms with Gasteiger partial charge in [0.2, 0.25) is 5.91 Å². The Morgan fingerprint density at radius 2 is 2.12 bits per heavy atom. The number of aromatic hydroxyl groups is 1. The van der Waals surface area contributed by atoms with Gasteiger partial charge in [-0.25, -0.2) is 4.98 Å². The number of hydrogen-bond donors (Lipinski definition) is 2. The molecule has 1 fully saturated rings. The number of rotatable bonds is 5. The van der Waals surface area contributed by atoms with Gasteiger partial charge in [-0.15, -0.1) is 11.3 Å². The molecule has 0 aliphatic carbocycles. The van der Waals surface area contributed by atoms with E-state index in [-0.39, 0.29) is 11.8 Å². The normalized spacial score (nSPS) is 15.5. The second-order valence-electron chi connectivity index (χ2n) is 6.20. The van der Waals surface area contributed by atoms with Crippen LogP contribution < -0.4 is 10.2 Å². The molecule has 1 aromatic carbocycles. The number of phenolic OH excluding ortho intramolecular Hbond substituents is 1. The lowest BCUT2D eigenvalue weighted by molar-refractivity contribution is -0.125. The van der Waals surface area contributed by atoms with Crippen molar-refractivity contribution in [2.45, 2.75) is 26.2 Å². The van der Waals surface area contributed by atoms with Crippen LogP contribution >= 0.6 is 11.3 Å². The number of carbonyl (C=O) groups excluding carboxylic acids is 1. The number of aromatic nitrogens is 1. The molecule has 128 valence electrons. The molecule has 1 aliphatic heterocycles. The number of piperidine rings is 1. The van der Waals surface area contributed by atoms with Crippen LogP contribution in [0.1, 0.15) is 24.1 Å². The van der Waals surface area contributed by atoms with Crippen molar-refractivity contribution >= 4 is 22.4 Å². The fourth-order valence-corrected chi connectivity index (χ4v) is 3.86. The maximum atomic E-state index is 12.3. The highest BCUT2D eigenvalue weighted by atomic mass is 32.1. The molecule has 1 amide bonds. The van der Waals surface area contributed by atoms with E-state index < -0.39 is 0 Å². The van der Waals surface area contributed by atoms with Gasteiger partial charge in [-0.1, -0.05) is 18.2 Å². The molecular weight excluding hydrogens is 322 g/mol. The molecular formula is C18H23N3O2S. The zero-order valence-electron chi connectivity index (χ0n) is 13.9. The van der Waals surface area contributed by atoms with Crippen molar-refractivity contribution in [2.75, 3.05) is 24.5 Å². The Morgan fingerprint density at radius 1 is 1.38 bits per heavy atom. The first-order valence-electron chi connectivity index (χ1n) is 8.35. The molecule has 1 aliphatic rings. The molecule has 1 saturated heterocycles. The number of anilines is 1. The topological polar surface area (TPSA) is 65.5 Å². The maximum absolute atomic E-state index is 12.3. The SMILES string of the molecule is Cc1csc(N2CCC(C(=O)NCCc3ccccc3O)CC2)n1. The predicted octanol–water partition coefficient (Wildman–Crippen LogP) is 2.73. The molecule has 1 aromatic heterocycles. The lowest BCUT2D eigenvalue weighted by Gasteiger charge is -2.31. The first kappa shape index (κ1) is 16.8. The molecule has 2 heterocycles. The van der Waals surface area contributed by atoms with Crippen LogP contribution in [0.15, 0.2) is 29.6 Å². The zero-order valence-corrected chi connectivity index (χ0v) is 14.7. The van der Waals surface area contributed by atoms with Crippen LogP contribution in [0.25, 0.3) is 0 Å². The van der Waals surface area contributed by atoms with E-state index in [0.29, 0.717) is 18.7 Å². The van der Waals surface area contributed by atoms with Crippen molar-refractivity contribution in [3.8, 4) is 5.75 Å². The molecule has 0 saturated carbocycles. The first-order chi connectivity index (χ1) is 11.6. The van der Waals surface area contributed by atoms with Gasteiger partial charge in [0.05, 0.1) is 5.69 Å². The van der Waals surface area contributed by atoms with Crippen LogP contribution in [-0.2, 0) is 11.2 Å². The zero-order chi connectivity index (χ0) is 16.9. The van der Waals surface area contributed by atoms with E-state index in [0.717, 1.165) is 42.3 Å². The number of thiazole rings is 1. The van der Waals surface area contributed by atoms with Gasteiger partial charge in [-0.3, -0.25) is 4.79 Å². The molecule has 5 nitrogen and oxygen atoms in total. The quantitative estimate of drug-likeness (QED) is 0.874. The molecule has 0 bridgehead atoms. The molecule has 0 spiro atoms. The van der Waals surface area contributed by atoms with Gasteiger partial charge in [0.1, 0.15) is 5.75 Å². The van der Waals surface area contributed by atoms with Gasteiger partial charge in [-0.05, 0) is 37.8 Å². The number of para-hydroxylation sites is 1. The average molecular weight is 345 g/mol. The molecule has 24 heavy (non-hydrogen) atoms. The fraction of sp³-hybridized carbons (Fsp3) is 0.444. The van der Waals surface area contributed by atoms with Crippen molar-refractivity contribution in [1.82, 2.24) is 10.3 Å². The van der Waals surface area contributed by atoms with Gasteiger partial charge in [0.25, 0.3) is 0 Å². The van der Waals surface area contributed by atoms with Crippen LogP contribution in [0.5, 0.6) is 5.75 Å². The Kier molecular flexibility index (Phi) is 5.35. The summed E-state index contributed by atoms with van der Waals surface area (Å²) in [6, 6.07) is 7.26. The third-order valence-electron chi connectivity index (χ3n) is 4.43. The summed E-state index contributed by atoms with van der Waals surface area (Å²) < 4.78 is 0. The van der Waals surface area contributed by atoms with E-state index in [1.54, 1.807) is 23.5 Å². The number of nitrogens with one attached hydrogen (secondary N) is 1. The number of amides is 1. The summed E-state index contributed by atoms with van der Waals surface area (Å²) in [6.07, 6.45) is 2.37. The highest BCUT2D eigenvalue weighted by molar-refractivity contribution is 7.13. The maximum Gasteiger partial charge on any atom is 0.223 e. The standard InChI is InChI=1S/C18H23N3O2S/c1-13-12-24-18(20-13)21-10-7-15(8-11-21)17(23)19-9-6-14-4-2-3-5-16(14)22/h2-5,12,15,22H,6-11H2,1H3,(H,19,23). The Hall–Kier alpha value is -2.08. The minimum absolute atomic E-state index is 0.0756. The highest BCUT2D eigenvalue weighted by Gasteiger charge is 2.25. The molecule has 2 aromatic rings. The van der Waals surface area contributed by atoms with Crippen LogP contribution in [0.3, 0.4) is 0 Å². The molecule has 2 N–H and O–H groups in total. The first-order valence-corrected chi connectivity index (χ1v) is 9.23. The van der Waals surface area contributed by atoms with Crippen LogP contribution in [-0.4, -0.2) is 35.6 Å². The Labute approximate surface area is 146 Å². The van der Waals surface area contributed by atoms with E-state index >= 15 is 0 Å². The summed E-state index contributed by atoms with van der Waals surface area (Å²) in [5.74, 6) is 0.492. The Bertz CT molecular complexity index is 693. The number of benzene rings is 1. The largest absolute Gasteiger partial charge is 0.508 e. The summed E-state index contributed by atoms with van der Waals surface area (Å²) in [5, 5.41) is 15.9. The lowest BCUT2D eigenvalue weighted by atomic mass is 9.96. The molecule has 0 atom stereocenters. The Morgan fingerprint density at radius 3 is 2.79 bits per heavy atom. The summed E-state index contributed by atoms with van der Waals surface area (Å²) in [5.41, 5.74) is 1.92. The Balaban J connectivity index is 1.43. The van der Waals surface area contributed by atoms with Crippen LogP contribution in [0, 0.1) is 12.8 Å². The van der Waals surface area contributed by atoms with Crippen molar-refractivity contribution in [1.29, 1.82) is 0 Å². The smallest absolute Gasteiger partial charge is 0.223 e. The van der Waals surface area contributed by atoms with Crippen LogP contribution in [0.2, 0.25) is 0 Å². The highest BCUT2D eigenvalue weighted by Crippen LogP contribution is 2.26. The summed E-state index contributed by atoms with van der Waals surface area (Å²) in [4.78, 5) is 19.1. The van der Waals surface area contributed by atoms with E-state index in [9.17, 15) is 9.90 Å². The lowest BCUT2D eigenvalue weighted by Crippen LogP contribution is -2.41. The molecule has 0 radical (unpaired) electrons. The van der Waals surface area contributed by atoms with Crippen molar-refractivity contribution < 1.29 is 9.90 Å². The van der Waals surface area contributed by atoms with Crippen molar-refractivity contribution in [3.05, 3.63) is 40.9 Å². The summed E-state index contributed by atoms with van der Waals surface area (Å²) in [6.45, 7) is 4.32. The number of aryl methyl sites for hydroxylation is 1. The molecule has 3 rings (SSSR count). The van der Waals surface area contributed by atoms with E-state index in [1.165, 1.54) is 0 Å². The minimum Gasteiger partial charge on any atom is -0.508 e. The van der Waals surface area contributed by atoms with Gasteiger partial charge in [-0.2, -0.15) is 0 Å². The van der Waals surface area contributed by atoms with Crippen LogP contribution in [0.4, 0.5) is 5.13 Å². The van der Waals surface area contributed by atoms with E-state index in [2.05, 4.69) is 20.6 Å². The predicted molar refractivity (Wildman–Crippen MR) is 96.6 cm³/mol. The van der Waals surface area contributed by atoms with E-state index in [1.807, 2.05) is 19.1 Å². The monoisotopic (exact) mass is 345 g/mol. The fourth-order valence-electron chi connectivity index (χ4n) is 3.01. The summed E-state index contributed by atoms with van der Waals surface area (Å²) >= 11 is 1.67. The average Bonchev–Trinajstić information content (AvgIpc) is 3.03. The van der Waals surface area contributed by atoms with Gasteiger partial charge >= 0.3 is 0 Å². The second kappa shape index (κ2) is 7.66. The number of carbonyl (C=O) groups is 1.